The zero-order chi connectivity index (χ0) is 25.4. The zero-order valence-electron chi connectivity index (χ0n) is 21.6. The summed E-state index contributed by atoms with van der Waals surface area (Å²) in [6.07, 6.45) is 16.5. The smallest absolute Gasteiger partial charge is 0.0815 e. The summed E-state index contributed by atoms with van der Waals surface area (Å²) in [7, 11) is 1.81. The highest BCUT2D eigenvalue weighted by Crippen LogP contribution is 2.10. The molecule has 0 aliphatic carbocycles. The van der Waals surface area contributed by atoms with Crippen LogP contribution in [0, 0.1) is 0 Å². The SMILES string of the molecule is C=C(C)/C=C\C(=C/C)N=NC(=C)\C=C/C(=C\C)/N=N\C(\C=C/C(=C)NC)=C\C.CC.CC. The largest absolute Gasteiger partial charge is 0.389 e. The molecule has 0 amide bonds. The molecule has 0 fully saturated rings. The second-order valence-corrected chi connectivity index (χ2v) is 5.65. The molecule has 176 valence electrons. The molecule has 0 unspecified atom stereocenters. The van der Waals surface area contributed by atoms with Crippen molar-refractivity contribution >= 4 is 0 Å². The van der Waals surface area contributed by atoms with Gasteiger partial charge in [-0.3, -0.25) is 0 Å². The summed E-state index contributed by atoms with van der Waals surface area (Å²) >= 11 is 0. The van der Waals surface area contributed by atoms with Gasteiger partial charge in [-0.15, -0.1) is 0 Å². The van der Waals surface area contributed by atoms with Crippen LogP contribution in [0.25, 0.3) is 0 Å². The number of nitrogens with zero attached hydrogens (tertiary/aromatic N) is 4. The van der Waals surface area contributed by atoms with Gasteiger partial charge in [-0.2, -0.15) is 20.5 Å². The van der Waals surface area contributed by atoms with Gasteiger partial charge in [0.05, 0.1) is 22.8 Å². The van der Waals surface area contributed by atoms with Crippen molar-refractivity contribution in [2.45, 2.75) is 55.4 Å². The van der Waals surface area contributed by atoms with Gasteiger partial charge in [0, 0.05) is 12.7 Å². The van der Waals surface area contributed by atoms with Gasteiger partial charge in [0.15, 0.2) is 0 Å². The number of rotatable bonds is 11. The van der Waals surface area contributed by atoms with E-state index in [4.69, 9.17) is 0 Å². The Morgan fingerprint density at radius 2 is 0.969 bits per heavy atom. The van der Waals surface area contributed by atoms with Crippen molar-refractivity contribution < 1.29 is 0 Å². The Morgan fingerprint density at radius 3 is 1.34 bits per heavy atom. The molecule has 0 heterocycles. The molecule has 0 aromatic carbocycles. The number of hydrogen-bond acceptors (Lipinski definition) is 5. The monoisotopic (exact) mass is 437 g/mol. The maximum absolute atomic E-state index is 4.23. The lowest BCUT2D eigenvalue weighted by Crippen LogP contribution is -2.00. The fraction of sp³-hybridized carbons (Fsp3) is 0.333. The van der Waals surface area contributed by atoms with Crippen molar-refractivity contribution in [3.8, 4) is 0 Å². The summed E-state index contributed by atoms with van der Waals surface area (Å²) in [5.41, 5.74) is 4.39. The maximum atomic E-state index is 4.23. The van der Waals surface area contributed by atoms with Crippen molar-refractivity contribution in [2.24, 2.45) is 20.5 Å². The van der Waals surface area contributed by atoms with Crippen LogP contribution in [0.4, 0.5) is 0 Å². The first-order valence-electron chi connectivity index (χ1n) is 10.9. The second kappa shape index (κ2) is 23.9. The third-order valence-corrected chi connectivity index (χ3v) is 3.22. The summed E-state index contributed by atoms with van der Waals surface area (Å²) in [4.78, 5) is 0. The number of allylic oxidation sites excluding steroid dienone is 10. The van der Waals surface area contributed by atoms with Gasteiger partial charge in [-0.25, -0.2) is 0 Å². The van der Waals surface area contributed by atoms with Crippen LogP contribution in [0.1, 0.15) is 55.4 Å². The lowest BCUT2D eigenvalue weighted by Gasteiger charge is -1.97. The molecule has 0 rings (SSSR count). The van der Waals surface area contributed by atoms with Gasteiger partial charge < -0.3 is 5.32 Å². The van der Waals surface area contributed by atoms with E-state index >= 15 is 0 Å². The Bertz CT molecular complexity index is 798. The minimum Gasteiger partial charge on any atom is -0.389 e. The standard InChI is InChI=1S/C23H31N5.2C2H6/c1-9-21(15-12-18(4)5)26-25-20(7)14-17-23(11-3)28-27-22(10-2)16-13-19(6)24-8;2*1-2/h9-17,24H,4,6-7H2,1-3,5,8H3;2*1-2H3/b15-12-,16-13-,17-14-,21-9+,22-10+,23-11+,26-25?,28-27-;;. The minimum absolute atomic E-state index is 0.508. The van der Waals surface area contributed by atoms with E-state index < -0.39 is 0 Å². The van der Waals surface area contributed by atoms with Gasteiger partial charge in [-0.05, 0) is 58.1 Å². The van der Waals surface area contributed by atoms with E-state index in [9.17, 15) is 0 Å². The Labute approximate surface area is 196 Å². The van der Waals surface area contributed by atoms with Crippen LogP contribution in [0.15, 0.2) is 129 Å². The van der Waals surface area contributed by atoms with Crippen LogP contribution in [0.5, 0.6) is 0 Å². The number of azo groups is 2. The average molecular weight is 438 g/mol. The topological polar surface area (TPSA) is 61.5 Å². The van der Waals surface area contributed by atoms with E-state index in [0.29, 0.717) is 11.4 Å². The summed E-state index contributed by atoms with van der Waals surface area (Å²) < 4.78 is 0. The molecule has 0 bridgehead atoms. The fourth-order valence-corrected chi connectivity index (χ4v) is 1.51. The Morgan fingerprint density at radius 1 is 0.594 bits per heavy atom. The first-order valence-corrected chi connectivity index (χ1v) is 10.9. The predicted octanol–water partition coefficient (Wildman–Crippen LogP) is 9.15. The Hall–Kier alpha value is -3.34. The van der Waals surface area contributed by atoms with Gasteiger partial charge in [-0.1, -0.05) is 77.3 Å². The van der Waals surface area contributed by atoms with Crippen molar-refractivity contribution in [1.29, 1.82) is 0 Å². The third kappa shape index (κ3) is 20.0. The quantitative estimate of drug-likeness (QED) is 0.254. The normalized spacial score (nSPS) is 12.8. The van der Waals surface area contributed by atoms with Crippen LogP contribution in [0.2, 0.25) is 0 Å². The molecule has 0 aliphatic heterocycles. The number of hydrogen-bond donors (Lipinski definition) is 1. The molecule has 1 N–H and O–H groups in total. The van der Waals surface area contributed by atoms with E-state index in [1.165, 1.54) is 0 Å². The molecule has 0 saturated heterocycles. The van der Waals surface area contributed by atoms with Crippen LogP contribution < -0.4 is 5.32 Å². The number of likely N-dealkylation sites (N-methyl/N-ethyl adjacent to an activating group) is 1. The molecular formula is C27H43N5. The molecule has 32 heavy (non-hydrogen) atoms. The molecule has 0 aliphatic rings. The van der Waals surface area contributed by atoms with Crippen molar-refractivity contribution in [3.05, 3.63) is 108 Å². The van der Waals surface area contributed by atoms with Crippen molar-refractivity contribution in [3.63, 3.8) is 0 Å². The molecule has 5 nitrogen and oxygen atoms in total. The average Bonchev–Trinajstić information content (AvgIpc) is 2.83. The fourth-order valence-electron chi connectivity index (χ4n) is 1.51. The molecule has 0 radical (unpaired) electrons. The lowest BCUT2D eigenvalue weighted by molar-refractivity contribution is 1.04. The van der Waals surface area contributed by atoms with E-state index in [2.05, 4.69) is 45.5 Å². The summed E-state index contributed by atoms with van der Waals surface area (Å²) in [5.74, 6) is 0. The van der Waals surface area contributed by atoms with Crippen molar-refractivity contribution in [1.82, 2.24) is 5.32 Å². The van der Waals surface area contributed by atoms with Crippen LogP contribution >= 0.6 is 0 Å². The van der Waals surface area contributed by atoms with E-state index in [-0.39, 0.29) is 0 Å². The summed E-state index contributed by atoms with van der Waals surface area (Å²) in [6, 6.07) is 0. The predicted molar refractivity (Wildman–Crippen MR) is 143 cm³/mol. The van der Waals surface area contributed by atoms with Gasteiger partial charge in [0.1, 0.15) is 0 Å². The third-order valence-electron chi connectivity index (χ3n) is 3.22. The highest BCUT2D eigenvalue weighted by molar-refractivity contribution is 5.27. The first-order chi connectivity index (χ1) is 15.4. The van der Waals surface area contributed by atoms with E-state index in [1.807, 2.05) is 105 Å². The van der Waals surface area contributed by atoms with E-state index in [0.717, 1.165) is 22.7 Å². The first kappa shape index (κ1) is 33.3. The van der Waals surface area contributed by atoms with Crippen molar-refractivity contribution in [2.75, 3.05) is 7.05 Å². The van der Waals surface area contributed by atoms with Crippen LogP contribution in [-0.4, -0.2) is 7.05 Å². The van der Waals surface area contributed by atoms with Gasteiger partial charge >= 0.3 is 0 Å². The molecule has 0 spiro atoms. The Kier molecular flexibility index (Phi) is 24.9. The van der Waals surface area contributed by atoms with Gasteiger partial charge in [0.25, 0.3) is 0 Å². The molecule has 5 heteroatoms. The van der Waals surface area contributed by atoms with Gasteiger partial charge in [0.2, 0.25) is 0 Å². The Balaban J connectivity index is -0.00000198. The highest BCUT2D eigenvalue weighted by atomic mass is 15.1. The highest BCUT2D eigenvalue weighted by Gasteiger charge is 1.92. The molecule has 0 aromatic rings. The molecule has 0 aromatic heterocycles. The van der Waals surface area contributed by atoms with Crippen LogP contribution in [-0.2, 0) is 0 Å². The maximum Gasteiger partial charge on any atom is 0.0815 e. The van der Waals surface area contributed by atoms with Crippen LogP contribution in [0.3, 0.4) is 0 Å². The molecule has 0 atom stereocenters. The zero-order valence-corrected chi connectivity index (χ0v) is 21.6. The summed E-state index contributed by atoms with van der Waals surface area (Å²) in [6.45, 7) is 27.1. The minimum atomic E-state index is 0.508. The molecular weight excluding hydrogens is 394 g/mol. The lowest BCUT2D eigenvalue weighted by atomic mass is 10.3. The molecule has 0 saturated carbocycles. The van der Waals surface area contributed by atoms with E-state index in [1.54, 1.807) is 12.2 Å². The summed E-state index contributed by atoms with van der Waals surface area (Å²) in [5, 5.41) is 19.7. The second-order valence-electron chi connectivity index (χ2n) is 5.65. The number of nitrogens with one attached hydrogen (secondary N) is 1.